The van der Waals surface area contributed by atoms with Gasteiger partial charge >= 0.3 is 0 Å². The van der Waals surface area contributed by atoms with Crippen LogP contribution in [0.1, 0.15) is 10.4 Å². The monoisotopic (exact) mass is 321 g/mol. The van der Waals surface area contributed by atoms with Crippen LogP contribution in [0.5, 0.6) is 0 Å². The summed E-state index contributed by atoms with van der Waals surface area (Å²) in [7, 11) is 0. The van der Waals surface area contributed by atoms with Crippen LogP contribution in [0.4, 0.5) is 11.4 Å². The third kappa shape index (κ3) is 4.38. The van der Waals surface area contributed by atoms with Gasteiger partial charge in [0.25, 0.3) is 0 Å². The van der Waals surface area contributed by atoms with Crippen LogP contribution < -0.4 is 4.90 Å². The van der Waals surface area contributed by atoms with Crippen molar-refractivity contribution in [3.63, 3.8) is 0 Å². The third-order valence-electron chi connectivity index (χ3n) is 3.47. The van der Waals surface area contributed by atoms with E-state index in [-0.39, 0.29) is 5.78 Å². The minimum atomic E-state index is -0.235. The van der Waals surface area contributed by atoms with E-state index in [0.29, 0.717) is 5.56 Å². The summed E-state index contributed by atoms with van der Waals surface area (Å²) in [6.07, 6.45) is 0. The van der Waals surface area contributed by atoms with Gasteiger partial charge in [0, 0.05) is 17.5 Å². The number of hydrogen-bond acceptors (Lipinski definition) is 2. The number of rotatable bonds is 3. The zero-order valence-electron chi connectivity index (χ0n) is 13.5. The maximum atomic E-state index is 12.0. The molecule has 0 aromatic heterocycles. The summed E-state index contributed by atoms with van der Waals surface area (Å²) in [6.45, 7) is 0. The van der Waals surface area contributed by atoms with Gasteiger partial charge in [0.05, 0.1) is 11.4 Å². The zero-order valence-corrected chi connectivity index (χ0v) is 13.5. The van der Waals surface area contributed by atoms with Crippen LogP contribution in [0.2, 0.25) is 0 Å². The molecule has 118 valence electrons. The molecule has 0 aliphatic heterocycles. The topological polar surface area (TPSA) is 20.3 Å². The van der Waals surface area contributed by atoms with Gasteiger partial charge in [0.1, 0.15) is 0 Å². The van der Waals surface area contributed by atoms with Crippen molar-refractivity contribution >= 4 is 17.2 Å². The van der Waals surface area contributed by atoms with Crippen LogP contribution in [-0.2, 0) is 0 Å². The van der Waals surface area contributed by atoms with Gasteiger partial charge in [0.15, 0.2) is 0 Å². The first-order valence-corrected chi connectivity index (χ1v) is 7.86. The Hall–Kier alpha value is -3.75. The van der Waals surface area contributed by atoms with E-state index in [1.54, 1.807) is 12.1 Å². The summed E-state index contributed by atoms with van der Waals surface area (Å²) in [5.41, 5.74) is 2.45. The fourth-order valence-electron chi connectivity index (χ4n) is 2.27. The third-order valence-corrected chi connectivity index (χ3v) is 3.47. The molecular weight excluding hydrogens is 306 g/mol. The van der Waals surface area contributed by atoms with Gasteiger partial charge in [-0.25, -0.2) is 0 Å². The summed E-state index contributed by atoms with van der Waals surface area (Å²) in [6, 6.07) is 31.6. The molecule has 0 aliphatic rings. The van der Waals surface area contributed by atoms with E-state index in [2.05, 4.69) is 23.8 Å². The highest BCUT2D eigenvalue weighted by atomic mass is 16.1. The van der Waals surface area contributed by atoms with Crippen molar-refractivity contribution in [2.45, 2.75) is 0 Å². The first kappa shape index (κ1) is 16.1. The van der Waals surface area contributed by atoms with Crippen LogP contribution in [-0.4, -0.2) is 5.78 Å². The van der Waals surface area contributed by atoms with Crippen molar-refractivity contribution in [1.82, 2.24) is 0 Å². The second kappa shape index (κ2) is 8.20. The van der Waals surface area contributed by atoms with Gasteiger partial charge < -0.3 is 0 Å². The lowest BCUT2D eigenvalue weighted by Crippen LogP contribution is -2.08. The number of benzene rings is 3. The van der Waals surface area contributed by atoms with E-state index in [0.717, 1.165) is 11.4 Å². The highest BCUT2D eigenvalue weighted by Crippen LogP contribution is 2.23. The van der Waals surface area contributed by atoms with Crippen molar-refractivity contribution in [3.8, 4) is 23.8 Å². The number of anilines is 2. The maximum Gasteiger partial charge on any atom is 0.236 e. The van der Waals surface area contributed by atoms with Crippen LogP contribution in [0, 0.1) is 23.8 Å². The molecule has 0 atom stereocenters. The molecule has 0 unspecified atom stereocenters. The molecule has 0 radical (unpaired) electrons. The molecule has 2 heteroatoms. The molecule has 3 rings (SSSR count). The summed E-state index contributed by atoms with van der Waals surface area (Å²) in [4.78, 5) is 13.8. The number of carbonyl (C=O) groups excluding carboxylic acids is 1. The smallest absolute Gasteiger partial charge is 0.236 e. The van der Waals surface area contributed by atoms with Gasteiger partial charge in [-0.15, -0.1) is 0 Å². The molecule has 0 saturated carbocycles. The molecule has 0 bridgehead atoms. The highest BCUT2D eigenvalue weighted by Gasteiger charge is 2.05. The molecule has 0 aliphatic carbocycles. The quantitative estimate of drug-likeness (QED) is 0.302. The number of ketones is 1. The van der Waals surface area contributed by atoms with Crippen molar-refractivity contribution in [3.05, 3.63) is 96.6 Å². The normalized spacial score (nSPS) is 9.12. The lowest BCUT2D eigenvalue weighted by Gasteiger charge is -2.17. The largest absolute Gasteiger partial charge is 0.279 e. The maximum absolute atomic E-state index is 12.0. The molecule has 3 aromatic carbocycles. The highest BCUT2D eigenvalue weighted by molar-refractivity contribution is 6.09. The molecule has 0 fully saturated rings. The first-order chi connectivity index (χ1) is 12.3. The summed E-state index contributed by atoms with van der Waals surface area (Å²) in [5.74, 6) is 7.76. The first-order valence-electron chi connectivity index (χ1n) is 7.86. The molecule has 0 N–H and O–H groups in total. The fourth-order valence-corrected chi connectivity index (χ4v) is 2.27. The Kier molecular flexibility index (Phi) is 5.29. The lowest BCUT2D eigenvalue weighted by atomic mass is 10.1. The van der Waals surface area contributed by atoms with Crippen LogP contribution in [0.25, 0.3) is 0 Å². The molecule has 3 aromatic rings. The van der Waals surface area contributed by atoms with E-state index in [1.807, 2.05) is 83.8 Å². The zero-order chi connectivity index (χ0) is 17.3. The number of carbonyl (C=O) groups is 1. The minimum absolute atomic E-state index is 0.235. The molecule has 0 amide bonds. The van der Waals surface area contributed by atoms with E-state index >= 15 is 0 Å². The molecular formula is C23H15NO. The Balaban J connectivity index is 1.85. The fraction of sp³-hybridized carbons (Fsp3) is 0. The van der Waals surface area contributed by atoms with Gasteiger partial charge in [-0.3, -0.25) is 9.69 Å². The SMILES string of the molecule is O=C(C#CC#CN(c1ccccc1)c1ccccc1)c1ccccc1. The Morgan fingerprint density at radius 1 is 0.640 bits per heavy atom. The van der Waals surface area contributed by atoms with Crippen molar-refractivity contribution in [2.75, 3.05) is 4.90 Å². The average molecular weight is 321 g/mol. The molecule has 0 spiro atoms. The van der Waals surface area contributed by atoms with Crippen molar-refractivity contribution < 1.29 is 4.79 Å². The molecule has 0 saturated heterocycles. The van der Waals surface area contributed by atoms with Gasteiger partial charge in [-0.1, -0.05) is 66.7 Å². The van der Waals surface area contributed by atoms with Crippen LogP contribution in [0.15, 0.2) is 91.0 Å². The van der Waals surface area contributed by atoms with E-state index < -0.39 is 0 Å². The number of nitrogens with zero attached hydrogens (tertiary/aromatic N) is 1. The Bertz CT molecular complexity index is 916. The average Bonchev–Trinajstić information content (AvgIpc) is 2.70. The Labute approximate surface area is 147 Å². The van der Waals surface area contributed by atoms with Crippen LogP contribution in [0.3, 0.4) is 0 Å². The second-order valence-electron chi connectivity index (χ2n) is 5.19. The Morgan fingerprint density at radius 3 is 1.64 bits per heavy atom. The lowest BCUT2D eigenvalue weighted by molar-refractivity contribution is 0.105. The van der Waals surface area contributed by atoms with E-state index in [9.17, 15) is 4.79 Å². The summed E-state index contributed by atoms with van der Waals surface area (Å²) >= 11 is 0. The number of hydrogen-bond donors (Lipinski definition) is 0. The summed E-state index contributed by atoms with van der Waals surface area (Å²) < 4.78 is 0. The van der Waals surface area contributed by atoms with E-state index in [4.69, 9.17) is 0 Å². The number of Topliss-reactive ketones (excluding diaryl/α,β-unsaturated/α-hetero) is 1. The standard InChI is InChI=1S/C23H15NO/c25-23(20-12-4-1-5-13-20)18-10-11-19-24(21-14-6-2-7-15-21)22-16-8-3-9-17-22/h1-9,12-17H. The second-order valence-corrected chi connectivity index (χ2v) is 5.19. The predicted octanol–water partition coefficient (Wildman–Crippen LogP) is 4.67. The van der Waals surface area contributed by atoms with Gasteiger partial charge in [0.2, 0.25) is 5.78 Å². The van der Waals surface area contributed by atoms with E-state index in [1.165, 1.54) is 0 Å². The molecule has 25 heavy (non-hydrogen) atoms. The minimum Gasteiger partial charge on any atom is -0.279 e. The van der Waals surface area contributed by atoms with Crippen molar-refractivity contribution in [1.29, 1.82) is 0 Å². The van der Waals surface area contributed by atoms with Crippen LogP contribution >= 0.6 is 0 Å². The van der Waals surface area contributed by atoms with Gasteiger partial charge in [-0.2, -0.15) is 0 Å². The molecule has 0 heterocycles. The molecule has 2 nitrogen and oxygen atoms in total. The van der Waals surface area contributed by atoms with Crippen molar-refractivity contribution in [2.24, 2.45) is 0 Å². The number of para-hydroxylation sites is 2. The predicted molar refractivity (Wildman–Crippen MR) is 101 cm³/mol. The summed E-state index contributed by atoms with van der Waals surface area (Å²) in [5, 5.41) is 0. The Morgan fingerprint density at radius 2 is 1.12 bits per heavy atom. The van der Waals surface area contributed by atoms with Gasteiger partial charge in [-0.05, 0) is 36.1 Å².